The molecule has 5 nitrogen and oxygen atoms in total. The fourth-order valence-electron chi connectivity index (χ4n) is 2.31. The maximum atomic E-state index is 11.5. The standard InChI is InChI=1S/C10H11N3O2/c1-4-7-5(2)12-13-9(7)11-6-3-15-10(14)8(4)6/h4H,3H2,1-2H3,(H2,11,12,13)/t4-/m1/s1. The molecule has 0 saturated carbocycles. The van der Waals surface area contributed by atoms with Crippen molar-refractivity contribution in [2.45, 2.75) is 19.8 Å². The summed E-state index contributed by atoms with van der Waals surface area (Å²) in [6, 6.07) is 0. The molecule has 2 aliphatic heterocycles. The number of esters is 1. The minimum absolute atomic E-state index is 0.0602. The number of hydrogen-bond donors (Lipinski definition) is 2. The first-order valence-corrected chi connectivity index (χ1v) is 4.90. The molecule has 1 atom stereocenters. The molecular formula is C10H11N3O2. The van der Waals surface area contributed by atoms with E-state index in [1.165, 1.54) is 0 Å². The highest BCUT2D eigenvalue weighted by Crippen LogP contribution is 2.40. The first-order valence-electron chi connectivity index (χ1n) is 4.90. The minimum Gasteiger partial charge on any atom is -0.456 e. The van der Waals surface area contributed by atoms with E-state index in [0.29, 0.717) is 6.61 Å². The van der Waals surface area contributed by atoms with Crippen LogP contribution < -0.4 is 5.32 Å². The Bertz CT molecular complexity index is 487. The van der Waals surface area contributed by atoms with Gasteiger partial charge >= 0.3 is 5.97 Å². The van der Waals surface area contributed by atoms with Crippen molar-refractivity contribution in [1.29, 1.82) is 0 Å². The number of H-pyrrole nitrogens is 1. The van der Waals surface area contributed by atoms with Crippen LogP contribution in [0.1, 0.15) is 24.1 Å². The number of rotatable bonds is 0. The maximum absolute atomic E-state index is 11.5. The van der Waals surface area contributed by atoms with Crippen molar-refractivity contribution >= 4 is 11.8 Å². The molecule has 0 unspecified atom stereocenters. The molecular weight excluding hydrogens is 194 g/mol. The Morgan fingerprint density at radius 1 is 1.53 bits per heavy atom. The lowest BCUT2D eigenvalue weighted by atomic mass is 9.89. The summed E-state index contributed by atoms with van der Waals surface area (Å²) in [6.07, 6.45) is 0. The topological polar surface area (TPSA) is 67.0 Å². The van der Waals surface area contributed by atoms with Gasteiger partial charge in [0.05, 0.1) is 11.3 Å². The molecule has 0 radical (unpaired) electrons. The lowest BCUT2D eigenvalue weighted by Crippen LogP contribution is -2.16. The van der Waals surface area contributed by atoms with Gasteiger partial charge in [0.25, 0.3) is 0 Å². The van der Waals surface area contributed by atoms with E-state index >= 15 is 0 Å². The molecule has 5 heteroatoms. The Labute approximate surface area is 86.5 Å². The number of nitrogens with zero attached hydrogens (tertiary/aromatic N) is 1. The third-order valence-electron chi connectivity index (χ3n) is 3.02. The third kappa shape index (κ3) is 0.973. The van der Waals surface area contributed by atoms with Crippen molar-refractivity contribution < 1.29 is 9.53 Å². The normalized spacial score (nSPS) is 23.3. The second kappa shape index (κ2) is 2.62. The maximum Gasteiger partial charge on any atom is 0.336 e. The van der Waals surface area contributed by atoms with Crippen LogP contribution in [0, 0.1) is 6.92 Å². The van der Waals surface area contributed by atoms with Gasteiger partial charge in [-0.2, -0.15) is 5.10 Å². The number of carbonyl (C=O) groups is 1. The van der Waals surface area contributed by atoms with Crippen molar-refractivity contribution in [3.05, 3.63) is 22.5 Å². The number of hydrogen-bond acceptors (Lipinski definition) is 4. The first-order chi connectivity index (χ1) is 7.18. The summed E-state index contributed by atoms with van der Waals surface area (Å²) in [5, 5.41) is 10.2. The second-order valence-corrected chi connectivity index (χ2v) is 3.93. The summed E-state index contributed by atoms with van der Waals surface area (Å²) in [5.41, 5.74) is 3.65. The van der Waals surface area contributed by atoms with Crippen LogP contribution in [-0.2, 0) is 9.53 Å². The largest absolute Gasteiger partial charge is 0.456 e. The molecule has 15 heavy (non-hydrogen) atoms. The van der Waals surface area contributed by atoms with E-state index < -0.39 is 0 Å². The number of cyclic esters (lactones) is 1. The van der Waals surface area contributed by atoms with Crippen LogP contribution >= 0.6 is 0 Å². The molecule has 0 aliphatic carbocycles. The highest BCUT2D eigenvalue weighted by Gasteiger charge is 2.36. The number of fused-ring (bicyclic) bond motifs is 1. The number of ether oxygens (including phenoxy) is 1. The van der Waals surface area contributed by atoms with Crippen LogP contribution in [0.15, 0.2) is 11.3 Å². The minimum atomic E-state index is -0.212. The molecule has 78 valence electrons. The van der Waals surface area contributed by atoms with Gasteiger partial charge in [-0.15, -0.1) is 0 Å². The average molecular weight is 205 g/mol. The fraction of sp³-hybridized carbons (Fsp3) is 0.400. The predicted molar refractivity (Wildman–Crippen MR) is 53.3 cm³/mol. The van der Waals surface area contributed by atoms with Crippen LogP contribution in [0.2, 0.25) is 0 Å². The van der Waals surface area contributed by atoms with Gasteiger partial charge < -0.3 is 10.1 Å². The zero-order valence-corrected chi connectivity index (χ0v) is 8.55. The SMILES string of the molecule is Cc1[nH]nc2c1[C@@H](C)C1=C(COC1=O)N2. The van der Waals surface area contributed by atoms with Crippen LogP contribution in [0.5, 0.6) is 0 Å². The number of nitrogens with one attached hydrogen (secondary N) is 2. The molecule has 3 heterocycles. The van der Waals surface area contributed by atoms with Crippen LogP contribution in [-0.4, -0.2) is 22.8 Å². The van der Waals surface area contributed by atoms with Gasteiger partial charge in [0, 0.05) is 17.2 Å². The number of aryl methyl sites for hydroxylation is 1. The Kier molecular flexibility index (Phi) is 1.49. The van der Waals surface area contributed by atoms with Gasteiger partial charge in [0.2, 0.25) is 0 Å². The van der Waals surface area contributed by atoms with Gasteiger partial charge in [-0.1, -0.05) is 6.92 Å². The molecule has 0 aromatic carbocycles. The molecule has 0 amide bonds. The lowest BCUT2D eigenvalue weighted by Gasteiger charge is -2.19. The van der Waals surface area contributed by atoms with Gasteiger partial charge in [0.15, 0.2) is 5.82 Å². The average Bonchev–Trinajstić information content (AvgIpc) is 2.73. The summed E-state index contributed by atoms with van der Waals surface area (Å²) in [4.78, 5) is 11.5. The second-order valence-electron chi connectivity index (χ2n) is 3.93. The highest BCUT2D eigenvalue weighted by atomic mass is 16.5. The van der Waals surface area contributed by atoms with Crippen molar-refractivity contribution in [1.82, 2.24) is 10.2 Å². The summed E-state index contributed by atoms with van der Waals surface area (Å²) >= 11 is 0. The monoisotopic (exact) mass is 205 g/mol. The van der Waals surface area contributed by atoms with Gasteiger partial charge in [-0.05, 0) is 6.92 Å². The van der Waals surface area contributed by atoms with Crippen LogP contribution in [0.25, 0.3) is 0 Å². The molecule has 3 rings (SSSR count). The van der Waals surface area contributed by atoms with E-state index in [4.69, 9.17) is 4.74 Å². The Morgan fingerprint density at radius 3 is 3.13 bits per heavy atom. The van der Waals surface area contributed by atoms with E-state index in [9.17, 15) is 4.79 Å². The Balaban J connectivity index is 2.15. The van der Waals surface area contributed by atoms with E-state index in [2.05, 4.69) is 15.5 Å². The highest BCUT2D eigenvalue weighted by molar-refractivity contribution is 5.95. The summed E-state index contributed by atoms with van der Waals surface area (Å²) < 4.78 is 5.00. The fourth-order valence-corrected chi connectivity index (χ4v) is 2.31. The van der Waals surface area contributed by atoms with Gasteiger partial charge in [-0.3, -0.25) is 5.10 Å². The molecule has 2 N–H and O–H groups in total. The molecule has 1 aromatic heterocycles. The third-order valence-corrected chi connectivity index (χ3v) is 3.02. The lowest BCUT2D eigenvalue weighted by molar-refractivity contribution is -0.136. The quantitative estimate of drug-likeness (QED) is 0.621. The van der Waals surface area contributed by atoms with Gasteiger partial charge in [0.1, 0.15) is 6.61 Å². The Morgan fingerprint density at radius 2 is 2.33 bits per heavy atom. The van der Waals surface area contributed by atoms with E-state index in [0.717, 1.165) is 28.3 Å². The number of aromatic amines is 1. The molecule has 2 aliphatic rings. The number of aromatic nitrogens is 2. The van der Waals surface area contributed by atoms with E-state index in [1.807, 2.05) is 13.8 Å². The van der Waals surface area contributed by atoms with Crippen molar-refractivity contribution in [3.8, 4) is 0 Å². The number of carbonyl (C=O) groups excluding carboxylic acids is 1. The van der Waals surface area contributed by atoms with E-state index in [-0.39, 0.29) is 11.9 Å². The van der Waals surface area contributed by atoms with Gasteiger partial charge in [-0.25, -0.2) is 4.79 Å². The zero-order chi connectivity index (χ0) is 10.6. The number of anilines is 1. The van der Waals surface area contributed by atoms with Crippen molar-refractivity contribution in [2.75, 3.05) is 11.9 Å². The van der Waals surface area contributed by atoms with Crippen LogP contribution in [0.3, 0.4) is 0 Å². The Hall–Kier alpha value is -1.78. The molecule has 1 aromatic rings. The molecule has 0 spiro atoms. The summed E-state index contributed by atoms with van der Waals surface area (Å²) in [5.74, 6) is 0.665. The molecule has 0 saturated heterocycles. The zero-order valence-electron chi connectivity index (χ0n) is 8.55. The first kappa shape index (κ1) is 8.52. The molecule has 0 fully saturated rings. The summed E-state index contributed by atoms with van der Waals surface area (Å²) in [6.45, 7) is 4.30. The van der Waals surface area contributed by atoms with Crippen molar-refractivity contribution in [3.63, 3.8) is 0 Å². The summed E-state index contributed by atoms with van der Waals surface area (Å²) in [7, 11) is 0. The molecule has 0 bridgehead atoms. The van der Waals surface area contributed by atoms with E-state index in [1.54, 1.807) is 0 Å². The predicted octanol–water partition coefficient (Wildman–Crippen LogP) is 1.06. The van der Waals surface area contributed by atoms with Crippen molar-refractivity contribution in [2.24, 2.45) is 0 Å². The van der Waals surface area contributed by atoms with Crippen LogP contribution in [0.4, 0.5) is 5.82 Å². The smallest absolute Gasteiger partial charge is 0.336 e.